The molecular weight excluding hydrogens is 252 g/mol. The summed E-state index contributed by atoms with van der Waals surface area (Å²) in [4.78, 5) is 16.2. The van der Waals surface area contributed by atoms with Crippen LogP contribution in [0.2, 0.25) is 0 Å². The van der Waals surface area contributed by atoms with Crippen molar-refractivity contribution in [3.8, 4) is 11.3 Å². The lowest BCUT2D eigenvalue weighted by Crippen LogP contribution is -2.06. The van der Waals surface area contributed by atoms with Gasteiger partial charge in [0.2, 0.25) is 0 Å². The van der Waals surface area contributed by atoms with Gasteiger partial charge in [0.25, 0.3) is 0 Å². The molecule has 2 aromatic heterocycles. The second-order valence-electron chi connectivity index (χ2n) is 4.65. The molecule has 0 N–H and O–H groups in total. The molecular formula is C16H16N2O2. The van der Waals surface area contributed by atoms with Crippen molar-refractivity contribution >= 4 is 12.2 Å². The van der Waals surface area contributed by atoms with E-state index in [2.05, 4.69) is 15.6 Å². The molecule has 3 heterocycles. The van der Waals surface area contributed by atoms with Crippen molar-refractivity contribution in [2.24, 2.45) is 0 Å². The number of nitrogens with zero attached hydrogens (tertiary/aromatic N) is 2. The van der Waals surface area contributed by atoms with Crippen molar-refractivity contribution in [3.63, 3.8) is 0 Å². The highest BCUT2D eigenvalue weighted by Gasteiger charge is 2.22. The lowest BCUT2D eigenvalue weighted by molar-refractivity contribution is 0.0527. The Balaban J connectivity index is 2.17. The number of aromatic nitrogens is 2. The Bertz CT molecular complexity index is 657. The SMILES string of the molecule is CCOC(=O)c1cc2n(c1-c1ccncc1)C=CCC2. The lowest BCUT2D eigenvalue weighted by Gasteiger charge is -2.13. The number of hydrogen-bond donors (Lipinski definition) is 0. The fraction of sp³-hybridized carbons (Fsp3) is 0.250. The van der Waals surface area contributed by atoms with Crippen molar-refractivity contribution in [2.75, 3.05) is 6.61 Å². The molecule has 4 nitrogen and oxygen atoms in total. The molecule has 0 saturated heterocycles. The first-order chi connectivity index (χ1) is 9.81. The first-order valence-electron chi connectivity index (χ1n) is 6.79. The molecule has 1 aliphatic heterocycles. The minimum Gasteiger partial charge on any atom is -0.462 e. The number of aryl methyl sites for hydroxylation is 1. The van der Waals surface area contributed by atoms with E-state index >= 15 is 0 Å². The average Bonchev–Trinajstić information content (AvgIpc) is 2.88. The van der Waals surface area contributed by atoms with Crippen molar-refractivity contribution in [2.45, 2.75) is 19.8 Å². The Morgan fingerprint density at radius 1 is 1.40 bits per heavy atom. The molecule has 0 radical (unpaired) electrons. The van der Waals surface area contributed by atoms with Crippen LogP contribution in [0.25, 0.3) is 17.5 Å². The molecule has 0 unspecified atom stereocenters. The molecule has 0 saturated carbocycles. The monoisotopic (exact) mass is 268 g/mol. The van der Waals surface area contributed by atoms with E-state index in [-0.39, 0.29) is 5.97 Å². The van der Waals surface area contributed by atoms with Crippen molar-refractivity contribution < 1.29 is 9.53 Å². The highest BCUT2D eigenvalue weighted by molar-refractivity contribution is 5.97. The number of hydrogen-bond acceptors (Lipinski definition) is 3. The third kappa shape index (κ3) is 2.13. The van der Waals surface area contributed by atoms with E-state index in [0.717, 1.165) is 29.8 Å². The quantitative estimate of drug-likeness (QED) is 0.803. The van der Waals surface area contributed by atoms with Crippen LogP contribution in [0.15, 0.2) is 36.7 Å². The lowest BCUT2D eigenvalue weighted by atomic mass is 10.1. The fourth-order valence-corrected chi connectivity index (χ4v) is 2.52. The third-order valence-corrected chi connectivity index (χ3v) is 3.39. The molecule has 20 heavy (non-hydrogen) atoms. The van der Waals surface area contributed by atoms with Crippen molar-refractivity contribution in [3.05, 3.63) is 47.9 Å². The van der Waals surface area contributed by atoms with E-state index in [1.165, 1.54) is 0 Å². The van der Waals surface area contributed by atoms with Crippen molar-refractivity contribution in [1.82, 2.24) is 9.55 Å². The summed E-state index contributed by atoms with van der Waals surface area (Å²) in [6, 6.07) is 5.76. The number of carbonyl (C=O) groups excluding carboxylic acids is 1. The second-order valence-corrected chi connectivity index (χ2v) is 4.65. The zero-order valence-corrected chi connectivity index (χ0v) is 11.4. The summed E-state index contributed by atoms with van der Waals surface area (Å²) in [5.41, 5.74) is 3.62. The van der Waals surface area contributed by atoms with Crippen LogP contribution in [0.1, 0.15) is 29.4 Å². The van der Waals surface area contributed by atoms with E-state index < -0.39 is 0 Å². The zero-order chi connectivity index (χ0) is 13.9. The van der Waals surface area contributed by atoms with Gasteiger partial charge in [0.05, 0.1) is 17.9 Å². The van der Waals surface area contributed by atoms with Gasteiger partial charge < -0.3 is 9.30 Å². The average molecular weight is 268 g/mol. The molecule has 1 aliphatic rings. The predicted octanol–water partition coefficient (Wildman–Crippen LogP) is 3.14. The standard InChI is InChI=1S/C16H16N2O2/c1-2-20-16(19)14-11-13-5-3-4-10-18(13)15(14)12-6-8-17-9-7-12/h4,6-11H,2-3,5H2,1H3. The minimum absolute atomic E-state index is 0.269. The highest BCUT2D eigenvalue weighted by Crippen LogP contribution is 2.30. The second kappa shape index (κ2) is 5.33. The molecule has 0 spiro atoms. The molecule has 0 aromatic carbocycles. The zero-order valence-electron chi connectivity index (χ0n) is 11.4. The topological polar surface area (TPSA) is 44.1 Å². The Morgan fingerprint density at radius 2 is 2.20 bits per heavy atom. The Kier molecular flexibility index (Phi) is 3.37. The number of esters is 1. The fourth-order valence-electron chi connectivity index (χ4n) is 2.52. The third-order valence-electron chi connectivity index (χ3n) is 3.39. The van der Waals surface area contributed by atoms with Gasteiger partial charge in [-0.2, -0.15) is 0 Å². The summed E-state index contributed by atoms with van der Waals surface area (Å²) in [5, 5.41) is 0. The molecule has 0 atom stereocenters. The number of rotatable bonds is 3. The summed E-state index contributed by atoms with van der Waals surface area (Å²) in [6.45, 7) is 2.20. The van der Waals surface area contributed by atoms with Gasteiger partial charge in [0.1, 0.15) is 0 Å². The van der Waals surface area contributed by atoms with Crippen LogP contribution in [0.5, 0.6) is 0 Å². The van der Waals surface area contributed by atoms with Crippen LogP contribution in [0, 0.1) is 0 Å². The smallest absolute Gasteiger partial charge is 0.340 e. The molecule has 0 amide bonds. The van der Waals surface area contributed by atoms with Crippen LogP contribution in [0.4, 0.5) is 0 Å². The molecule has 0 bridgehead atoms. The number of ether oxygens (including phenoxy) is 1. The van der Waals surface area contributed by atoms with Crippen LogP contribution in [-0.4, -0.2) is 22.1 Å². The summed E-state index contributed by atoms with van der Waals surface area (Å²) in [6.07, 6.45) is 9.55. The summed E-state index contributed by atoms with van der Waals surface area (Å²) in [5.74, 6) is -0.269. The van der Waals surface area contributed by atoms with Gasteiger partial charge in [-0.3, -0.25) is 4.98 Å². The number of allylic oxidation sites excluding steroid dienone is 1. The van der Waals surface area contributed by atoms with E-state index in [1.54, 1.807) is 12.4 Å². The summed E-state index contributed by atoms with van der Waals surface area (Å²) >= 11 is 0. The van der Waals surface area contributed by atoms with Gasteiger partial charge in [-0.25, -0.2) is 4.79 Å². The van der Waals surface area contributed by atoms with Gasteiger partial charge in [-0.15, -0.1) is 0 Å². The Morgan fingerprint density at radius 3 is 2.95 bits per heavy atom. The number of fused-ring (bicyclic) bond motifs is 1. The number of carbonyl (C=O) groups is 1. The summed E-state index contributed by atoms with van der Waals surface area (Å²) in [7, 11) is 0. The van der Waals surface area contributed by atoms with Gasteiger partial charge in [0, 0.05) is 29.9 Å². The summed E-state index contributed by atoms with van der Waals surface area (Å²) < 4.78 is 7.25. The van der Waals surface area contributed by atoms with E-state index in [0.29, 0.717) is 12.2 Å². The molecule has 2 aromatic rings. The van der Waals surface area contributed by atoms with Crippen LogP contribution >= 0.6 is 0 Å². The first-order valence-corrected chi connectivity index (χ1v) is 6.79. The minimum atomic E-state index is -0.269. The molecule has 4 heteroatoms. The van der Waals surface area contributed by atoms with E-state index in [4.69, 9.17) is 4.74 Å². The van der Waals surface area contributed by atoms with Crippen LogP contribution in [0.3, 0.4) is 0 Å². The van der Waals surface area contributed by atoms with Crippen molar-refractivity contribution in [1.29, 1.82) is 0 Å². The van der Waals surface area contributed by atoms with Crippen LogP contribution in [-0.2, 0) is 11.2 Å². The maximum atomic E-state index is 12.2. The molecule has 0 aliphatic carbocycles. The van der Waals surface area contributed by atoms with Gasteiger partial charge >= 0.3 is 5.97 Å². The van der Waals surface area contributed by atoms with Gasteiger partial charge in [-0.05, 0) is 38.0 Å². The largest absolute Gasteiger partial charge is 0.462 e. The highest BCUT2D eigenvalue weighted by atomic mass is 16.5. The molecule has 0 fully saturated rings. The maximum Gasteiger partial charge on any atom is 0.340 e. The van der Waals surface area contributed by atoms with E-state index in [1.807, 2.05) is 31.3 Å². The van der Waals surface area contributed by atoms with Crippen LogP contribution < -0.4 is 0 Å². The predicted molar refractivity (Wildman–Crippen MR) is 77.3 cm³/mol. The van der Waals surface area contributed by atoms with E-state index in [9.17, 15) is 4.79 Å². The van der Waals surface area contributed by atoms with Gasteiger partial charge in [0.15, 0.2) is 0 Å². The van der Waals surface area contributed by atoms with Gasteiger partial charge in [-0.1, -0.05) is 6.08 Å². The molecule has 3 rings (SSSR count). The molecule has 102 valence electrons. The maximum absolute atomic E-state index is 12.2. The number of pyridine rings is 1. The normalized spacial score (nSPS) is 13.1. The Labute approximate surface area is 117 Å². The Hall–Kier alpha value is -2.36. The first kappa shape index (κ1) is 12.7.